The number of rotatable bonds is 11. The Bertz CT molecular complexity index is 4240. The number of nitrogens with two attached hydrogens (primary N) is 1. The van der Waals surface area contributed by atoms with Crippen LogP contribution in [0.2, 0.25) is 0 Å². The van der Waals surface area contributed by atoms with Gasteiger partial charge in [-0.3, -0.25) is 47.9 Å². The van der Waals surface area contributed by atoms with Gasteiger partial charge in [0, 0.05) is 108 Å². The predicted molar refractivity (Wildman–Crippen MR) is 354 cm³/mol. The normalized spacial score (nSPS) is 22.1. The molecule has 0 spiro atoms. The Balaban J connectivity index is 0.984. The van der Waals surface area contributed by atoms with E-state index < -0.39 is 119 Å². The van der Waals surface area contributed by atoms with Crippen LogP contribution in [0.25, 0.3) is 21.8 Å². The molecule has 2 aliphatic rings. The van der Waals surface area contributed by atoms with Gasteiger partial charge in [0.15, 0.2) is 5.76 Å². The van der Waals surface area contributed by atoms with Crippen molar-refractivity contribution in [3.05, 3.63) is 179 Å². The van der Waals surface area contributed by atoms with Crippen molar-refractivity contribution in [2.45, 2.75) is 118 Å². The summed E-state index contributed by atoms with van der Waals surface area (Å²) in [6.45, 7) is 1.44. The molecule has 508 valence electrons. The Hall–Kier alpha value is -10.5. The van der Waals surface area contributed by atoms with Crippen LogP contribution in [0.5, 0.6) is 5.75 Å². The highest BCUT2D eigenvalue weighted by atomic mass is 32.2. The standard InChI is InChI=1S/C67H71F2N13O13S2/c1-67-17-3-18-82(67)65(93)54(21-36-6-10-44(83)11-7-36)80-62(90)52(26-43-30-71-35-75-43)77-63(91)53(27-58(85)86)78-60(88)50(22-39-28-72-48-13-8-41(68)24-46(39)48)76-61(89)51(23-40-29-73-49-14-9-42(69)25-47(40)49)79-64(92)56-15-12-45(95-56)31-74-57(84)16-19-96-32-37-4-2-5-38(20-37)33-97-34-55(59(70)87)81-66(67)94/h2,4-15,20,24-25,28-30,35,50-55,72-73,83H,3,16-19,21-23,26-27,31-34H2,1H3,(H2,70,87)(H,71,75)(H,74,84)(H,76,89)(H,77,91)(H,78,88)(H,79,92)(H,80,90)(H,81,94)(H,85,86)/t50-,51-,52-,53-,54-,55-,67-/m0/s1. The first-order chi connectivity index (χ1) is 46.5. The Morgan fingerprint density at radius 3 is 1.91 bits per heavy atom. The van der Waals surface area contributed by atoms with E-state index in [-0.39, 0.29) is 90.8 Å². The molecule has 30 heteroatoms. The molecular weight excluding hydrogens is 1300 g/mol. The maximum Gasteiger partial charge on any atom is 0.305 e. The Morgan fingerprint density at radius 2 is 1.29 bits per heavy atom. The number of aromatic nitrogens is 4. The number of aromatic hydroxyl groups is 1. The Kier molecular flexibility index (Phi) is 22.4. The largest absolute Gasteiger partial charge is 0.508 e. The number of carbonyl (C=O) groups is 10. The number of primary amides is 1. The second kappa shape index (κ2) is 31.4. The zero-order valence-electron chi connectivity index (χ0n) is 52.3. The van der Waals surface area contributed by atoms with Crippen LogP contribution < -0.4 is 43.0 Å². The molecule has 0 saturated carbocycles. The number of furan rings is 1. The lowest BCUT2D eigenvalue weighted by Crippen LogP contribution is -2.63. The maximum atomic E-state index is 15.2. The van der Waals surface area contributed by atoms with Crippen molar-refractivity contribution < 1.29 is 71.4 Å². The van der Waals surface area contributed by atoms with Gasteiger partial charge in [-0.05, 0) is 108 Å². The summed E-state index contributed by atoms with van der Waals surface area (Å²) in [5.41, 5.74) is 8.38. The minimum atomic E-state index is -2.02. The van der Waals surface area contributed by atoms with Crippen LogP contribution in [0, 0.1) is 11.6 Å². The number of phenolic OH excluding ortho intramolecular Hbond substituents is 1. The van der Waals surface area contributed by atoms with Crippen molar-refractivity contribution in [1.29, 1.82) is 0 Å². The summed E-state index contributed by atoms with van der Waals surface area (Å²) < 4.78 is 35.6. The number of carbonyl (C=O) groups excluding carboxylic acids is 9. The van der Waals surface area contributed by atoms with Crippen molar-refractivity contribution in [2.75, 3.05) is 18.1 Å². The van der Waals surface area contributed by atoms with Crippen molar-refractivity contribution in [3.63, 3.8) is 0 Å². The number of aliphatic carboxylic acids is 1. The molecule has 10 rings (SSSR count). The highest BCUT2D eigenvalue weighted by Crippen LogP contribution is 2.32. The van der Waals surface area contributed by atoms with Crippen molar-refractivity contribution in [1.82, 2.24) is 62.1 Å². The van der Waals surface area contributed by atoms with Crippen LogP contribution in [-0.4, -0.2) is 154 Å². The van der Waals surface area contributed by atoms with E-state index in [1.165, 1.54) is 133 Å². The predicted octanol–water partition coefficient (Wildman–Crippen LogP) is 3.97. The van der Waals surface area contributed by atoms with Crippen LogP contribution in [-0.2, 0) is 86.9 Å². The third kappa shape index (κ3) is 17.9. The molecule has 97 heavy (non-hydrogen) atoms. The molecule has 4 aromatic heterocycles. The first-order valence-corrected chi connectivity index (χ1v) is 33.4. The van der Waals surface area contributed by atoms with E-state index in [1.54, 1.807) is 0 Å². The number of phenols is 1. The minimum Gasteiger partial charge on any atom is -0.508 e. The molecule has 4 aromatic carbocycles. The van der Waals surface area contributed by atoms with E-state index in [4.69, 9.17) is 10.2 Å². The molecule has 14 N–H and O–H groups in total. The number of amides is 9. The Labute approximate surface area is 561 Å². The summed E-state index contributed by atoms with van der Waals surface area (Å²) in [6, 6.07) is 14.2. The summed E-state index contributed by atoms with van der Waals surface area (Å²) in [6.07, 6.45) is 3.67. The quantitative estimate of drug-likeness (QED) is 0.0871. The van der Waals surface area contributed by atoms with Gasteiger partial charge in [-0.2, -0.15) is 23.5 Å². The van der Waals surface area contributed by atoms with Gasteiger partial charge in [0.25, 0.3) is 5.91 Å². The summed E-state index contributed by atoms with van der Waals surface area (Å²) in [7, 11) is 0. The van der Waals surface area contributed by atoms with E-state index in [1.807, 2.05) is 24.3 Å². The highest BCUT2D eigenvalue weighted by Gasteiger charge is 2.48. The second-order valence-electron chi connectivity index (χ2n) is 23.9. The summed E-state index contributed by atoms with van der Waals surface area (Å²) in [4.78, 5) is 157. The van der Waals surface area contributed by atoms with Crippen LogP contribution in [0.4, 0.5) is 8.78 Å². The number of nitrogens with one attached hydrogen (secondary N) is 10. The van der Waals surface area contributed by atoms with Crippen LogP contribution in [0.1, 0.15) is 82.4 Å². The third-order valence-electron chi connectivity index (χ3n) is 16.9. The molecule has 4 bridgehead atoms. The van der Waals surface area contributed by atoms with E-state index >= 15 is 14.4 Å². The molecule has 1 saturated heterocycles. The molecule has 6 heterocycles. The number of H-pyrrole nitrogens is 3. The minimum absolute atomic E-state index is 0.0261. The lowest BCUT2D eigenvalue weighted by atomic mass is 9.95. The number of nitrogens with zero attached hydrogens (tertiary/aromatic N) is 2. The number of halogens is 2. The van der Waals surface area contributed by atoms with E-state index in [0.29, 0.717) is 51.2 Å². The fraction of sp³-hybridized carbons (Fsp3) is 0.328. The summed E-state index contributed by atoms with van der Waals surface area (Å²) in [5.74, 6) is -9.53. The Morgan fingerprint density at radius 1 is 0.691 bits per heavy atom. The number of thioether (sulfide) groups is 2. The van der Waals surface area contributed by atoms with Crippen molar-refractivity contribution in [2.24, 2.45) is 5.73 Å². The van der Waals surface area contributed by atoms with Gasteiger partial charge in [0.2, 0.25) is 47.3 Å². The highest BCUT2D eigenvalue weighted by molar-refractivity contribution is 7.98. The topological polar surface area (TPSA) is 398 Å². The fourth-order valence-electron chi connectivity index (χ4n) is 11.7. The van der Waals surface area contributed by atoms with Crippen LogP contribution >= 0.6 is 23.5 Å². The average molecular weight is 1370 g/mol. The van der Waals surface area contributed by atoms with Crippen molar-refractivity contribution >= 4 is 104 Å². The number of hydrogen-bond donors (Lipinski definition) is 13. The lowest BCUT2D eigenvalue weighted by Gasteiger charge is -2.37. The first kappa shape index (κ1) is 69.3. The smallest absolute Gasteiger partial charge is 0.305 e. The van der Waals surface area contributed by atoms with Gasteiger partial charge >= 0.3 is 5.97 Å². The van der Waals surface area contributed by atoms with Crippen molar-refractivity contribution in [3.8, 4) is 5.75 Å². The molecule has 0 unspecified atom stereocenters. The van der Waals surface area contributed by atoms with Crippen LogP contribution in [0.3, 0.4) is 0 Å². The molecule has 26 nitrogen and oxygen atoms in total. The summed E-state index contributed by atoms with van der Waals surface area (Å²) >= 11 is 2.86. The third-order valence-corrected chi connectivity index (χ3v) is 19.0. The maximum absolute atomic E-state index is 15.2. The molecule has 8 aromatic rings. The van der Waals surface area contributed by atoms with E-state index in [2.05, 4.69) is 57.2 Å². The van der Waals surface area contributed by atoms with Gasteiger partial charge in [0.05, 0.1) is 19.3 Å². The number of fused-ring (bicyclic) bond motifs is 7. The lowest BCUT2D eigenvalue weighted by molar-refractivity contribution is -0.147. The number of aromatic amines is 3. The SMILES string of the molecule is C[C@@]12CCCN1C(=O)[C@H](Cc1ccc(O)cc1)NC(=O)[C@H](Cc1cnc[nH]1)NC(=O)[C@H](CC(=O)O)NC(=O)[C@H](Cc1c[nH]c3ccc(F)cc13)NC(=O)[C@H](Cc1c[nH]c3ccc(F)cc13)NC(=O)c1ccc(o1)CNC(=O)CCSCc1cccc(c1)CSC[C@@H](C(N)=O)NC2=O. The number of carboxylic acids is 1. The number of hydrogen-bond acceptors (Lipinski definition) is 15. The number of imidazole rings is 1. The zero-order valence-corrected chi connectivity index (χ0v) is 54.0. The zero-order chi connectivity index (χ0) is 68.9. The molecule has 9 amide bonds. The molecule has 2 aliphatic heterocycles. The van der Waals surface area contributed by atoms with Crippen LogP contribution in [0.15, 0.2) is 126 Å². The van der Waals surface area contributed by atoms with Gasteiger partial charge < -0.3 is 77.4 Å². The first-order valence-electron chi connectivity index (χ1n) is 31.1. The van der Waals surface area contributed by atoms with E-state index in [0.717, 1.165) is 11.1 Å². The van der Waals surface area contributed by atoms with Gasteiger partial charge in [0.1, 0.15) is 64.9 Å². The van der Waals surface area contributed by atoms with Gasteiger partial charge in [-0.15, -0.1) is 0 Å². The van der Waals surface area contributed by atoms with E-state index in [9.17, 15) is 52.6 Å². The fourth-order valence-corrected chi connectivity index (χ4v) is 13.6. The molecule has 0 radical (unpaired) electrons. The number of benzene rings is 4. The van der Waals surface area contributed by atoms with Gasteiger partial charge in [-0.1, -0.05) is 36.4 Å². The second-order valence-corrected chi connectivity index (χ2v) is 26.0. The molecule has 1 fully saturated rings. The average Bonchev–Trinajstić information content (AvgIpc) is 1.71. The summed E-state index contributed by atoms with van der Waals surface area (Å²) in [5, 5.41) is 39.7. The van der Waals surface area contributed by atoms with Gasteiger partial charge in [-0.25, -0.2) is 13.8 Å². The molecule has 0 aliphatic carbocycles. The monoisotopic (exact) mass is 1370 g/mol. The molecular formula is C67H71F2N13O13S2. The number of carboxylic acid groups (broad SMARTS) is 1. The molecule has 7 atom stereocenters.